The first-order chi connectivity index (χ1) is 18.0. The Morgan fingerprint density at radius 3 is 2.46 bits per heavy atom. The minimum absolute atomic E-state index is 0.00822. The van der Waals surface area contributed by atoms with Crippen LogP contribution in [0, 0.1) is 12.7 Å². The van der Waals surface area contributed by atoms with Crippen LogP contribution in [-0.2, 0) is 17.9 Å². The lowest BCUT2D eigenvalue weighted by atomic mass is 9.93. The number of benzene rings is 2. The van der Waals surface area contributed by atoms with Crippen LogP contribution in [0.5, 0.6) is 11.5 Å². The van der Waals surface area contributed by atoms with Crippen LogP contribution in [-0.4, -0.2) is 41.0 Å². The summed E-state index contributed by atoms with van der Waals surface area (Å²) in [5, 5.41) is 2.03. The van der Waals surface area contributed by atoms with Gasteiger partial charge in [0.2, 0.25) is 12.7 Å². The van der Waals surface area contributed by atoms with Crippen LogP contribution in [0.15, 0.2) is 53.9 Å². The summed E-state index contributed by atoms with van der Waals surface area (Å²) in [6.07, 6.45) is 4.93. The van der Waals surface area contributed by atoms with Crippen LogP contribution in [0.3, 0.4) is 0 Å². The van der Waals surface area contributed by atoms with Crippen molar-refractivity contribution in [1.82, 2.24) is 9.80 Å². The van der Waals surface area contributed by atoms with E-state index in [1.54, 1.807) is 16.2 Å². The lowest BCUT2D eigenvalue weighted by Crippen LogP contribution is -2.48. The van der Waals surface area contributed by atoms with E-state index >= 15 is 0 Å². The van der Waals surface area contributed by atoms with E-state index in [0.717, 1.165) is 48.1 Å². The van der Waals surface area contributed by atoms with Gasteiger partial charge in [0.25, 0.3) is 5.91 Å². The molecule has 1 aromatic heterocycles. The second-order valence-corrected chi connectivity index (χ2v) is 10.7. The first kappa shape index (κ1) is 25.3. The number of ether oxygens (including phenoxy) is 2. The van der Waals surface area contributed by atoms with Gasteiger partial charge in [0.15, 0.2) is 11.5 Å². The molecule has 1 aliphatic heterocycles. The summed E-state index contributed by atoms with van der Waals surface area (Å²) in [4.78, 5) is 32.1. The fourth-order valence-corrected chi connectivity index (χ4v) is 5.92. The molecule has 1 fully saturated rings. The van der Waals surface area contributed by atoms with Crippen molar-refractivity contribution >= 4 is 23.2 Å². The fourth-order valence-electron chi connectivity index (χ4n) is 4.99. The molecule has 8 heteroatoms. The maximum absolute atomic E-state index is 13.9. The van der Waals surface area contributed by atoms with Crippen molar-refractivity contribution in [3.8, 4) is 11.5 Å². The van der Waals surface area contributed by atoms with Crippen molar-refractivity contribution in [2.45, 2.75) is 58.2 Å². The fraction of sp³-hybridized carbons (Fsp3) is 0.379. The van der Waals surface area contributed by atoms with Crippen molar-refractivity contribution in [1.29, 1.82) is 0 Å². The van der Waals surface area contributed by atoms with Gasteiger partial charge >= 0.3 is 0 Å². The third kappa shape index (κ3) is 5.96. The van der Waals surface area contributed by atoms with E-state index in [4.69, 9.17) is 9.47 Å². The Balaban J connectivity index is 1.40. The molecule has 0 radical (unpaired) electrons. The van der Waals surface area contributed by atoms with Gasteiger partial charge in [0.05, 0.1) is 6.54 Å². The average molecular weight is 523 g/mol. The maximum Gasteiger partial charge on any atom is 0.254 e. The highest BCUT2D eigenvalue weighted by Gasteiger charge is 2.30. The van der Waals surface area contributed by atoms with Crippen LogP contribution in [0.4, 0.5) is 4.39 Å². The smallest absolute Gasteiger partial charge is 0.254 e. The monoisotopic (exact) mass is 522 g/mol. The quantitative estimate of drug-likeness (QED) is 0.368. The molecular formula is C29H31FN2O4S. The maximum atomic E-state index is 13.9. The topological polar surface area (TPSA) is 59.1 Å². The van der Waals surface area contributed by atoms with E-state index in [1.165, 1.54) is 24.3 Å². The van der Waals surface area contributed by atoms with Gasteiger partial charge in [-0.3, -0.25) is 9.59 Å². The number of hydrogen-bond donors (Lipinski definition) is 0. The van der Waals surface area contributed by atoms with Crippen LogP contribution in [0.1, 0.15) is 58.5 Å². The number of amides is 2. The Labute approximate surface area is 220 Å². The first-order valence-electron chi connectivity index (χ1n) is 12.7. The number of halogens is 1. The van der Waals surface area contributed by atoms with E-state index in [-0.39, 0.29) is 31.2 Å². The Hall–Kier alpha value is -3.39. The molecule has 6 nitrogen and oxygen atoms in total. The van der Waals surface area contributed by atoms with E-state index in [2.05, 4.69) is 6.07 Å². The minimum Gasteiger partial charge on any atom is -0.454 e. The minimum atomic E-state index is -0.391. The zero-order chi connectivity index (χ0) is 25.8. The highest BCUT2D eigenvalue weighted by molar-refractivity contribution is 7.10. The van der Waals surface area contributed by atoms with E-state index in [0.29, 0.717) is 30.2 Å². The lowest BCUT2D eigenvalue weighted by Gasteiger charge is -2.35. The molecule has 0 N–H and O–H groups in total. The number of rotatable bonds is 8. The van der Waals surface area contributed by atoms with Gasteiger partial charge in [0, 0.05) is 23.0 Å². The van der Waals surface area contributed by atoms with Crippen LogP contribution >= 0.6 is 11.3 Å². The molecule has 0 bridgehead atoms. The van der Waals surface area contributed by atoms with Crippen molar-refractivity contribution in [3.63, 3.8) is 0 Å². The number of nitrogens with zero attached hydrogens (tertiary/aromatic N) is 2. The highest BCUT2D eigenvalue weighted by Crippen LogP contribution is 2.33. The summed E-state index contributed by atoms with van der Waals surface area (Å²) in [6.45, 7) is 3.06. The molecule has 2 heterocycles. The Morgan fingerprint density at radius 1 is 0.973 bits per heavy atom. The van der Waals surface area contributed by atoms with Gasteiger partial charge in [-0.15, -0.1) is 11.3 Å². The third-order valence-electron chi connectivity index (χ3n) is 7.14. The van der Waals surface area contributed by atoms with E-state index in [1.807, 2.05) is 35.4 Å². The van der Waals surface area contributed by atoms with E-state index < -0.39 is 5.82 Å². The molecule has 0 saturated heterocycles. The number of carbonyl (C=O) groups excluding carboxylic acids is 2. The Morgan fingerprint density at radius 2 is 1.73 bits per heavy atom. The largest absolute Gasteiger partial charge is 0.454 e. The van der Waals surface area contributed by atoms with Gasteiger partial charge in [-0.25, -0.2) is 4.39 Å². The Bertz CT molecular complexity index is 1250. The molecule has 37 heavy (non-hydrogen) atoms. The second-order valence-electron chi connectivity index (χ2n) is 9.70. The number of fused-ring (bicyclic) bond motifs is 1. The molecule has 2 aromatic carbocycles. The molecular weight excluding hydrogens is 491 g/mol. The number of thiophene rings is 1. The standard InChI is InChI=1S/C29H31FN2O4S/c1-20-13-14-37-27(20)17-31(16-21-7-12-25-26(15-21)36-19-35-25)28(33)18-32(24-5-3-2-4-6-24)29(34)22-8-10-23(30)11-9-22/h7-15,24H,2-6,16-19H2,1H3. The van der Waals surface area contributed by atoms with Gasteiger partial charge < -0.3 is 19.3 Å². The molecule has 0 unspecified atom stereocenters. The first-order valence-corrected chi connectivity index (χ1v) is 13.6. The number of carbonyl (C=O) groups is 2. The molecule has 194 valence electrons. The van der Waals surface area contributed by atoms with Crippen molar-refractivity contribution in [3.05, 3.63) is 81.3 Å². The van der Waals surface area contributed by atoms with Crippen molar-refractivity contribution in [2.24, 2.45) is 0 Å². The molecule has 2 aliphatic rings. The zero-order valence-corrected chi connectivity index (χ0v) is 21.8. The SMILES string of the molecule is Cc1ccsc1CN(Cc1ccc2c(c1)OCO2)C(=O)CN(C(=O)c1ccc(F)cc1)C1CCCCC1. The third-order valence-corrected chi connectivity index (χ3v) is 8.15. The summed E-state index contributed by atoms with van der Waals surface area (Å²) in [5.41, 5.74) is 2.47. The van der Waals surface area contributed by atoms with Crippen LogP contribution in [0.25, 0.3) is 0 Å². The Kier molecular flexibility index (Phi) is 7.74. The molecule has 1 saturated carbocycles. The van der Waals surface area contributed by atoms with Crippen LogP contribution < -0.4 is 9.47 Å². The van der Waals surface area contributed by atoms with Gasteiger partial charge in [-0.05, 0) is 78.7 Å². The predicted octanol–water partition coefficient (Wildman–Crippen LogP) is 5.93. The van der Waals surface area contributed by atoms with Crippen molar-refractivity contribution in [2.75, 3.05) is 13.3 Å². The molecule has 3 aromatic rings. The summed E-state index contributed by atoms with van der Waals surface area (Å²) >= 11 is 1.62. The number of aryl methyl sites for hydroxylation is 1. The molecule has 0 atom stereocenters. The highest BCUT2D eigenvalue weighted by atomic mass is 32.1. The second kappa shape index (κ2) is 11.3. The van der Waals surface area contributed by atoms with E-state index in [9.17, 15) is 14.0 Å². The summed E-state index contributed by atoms with van der Waals surface area (Å²) in [5.74, 6) is 0.636. The number of hydrogen-bond acceptors (Lipinski definition) is 5. The van der Waals surface area contributed by atoms with Gasteiger partial charge in [0.1, 0.15) is 12.4 Å². The summed E-state index contributed by atoms with van der Waals surface area (Å²) < 4.78 is 24.5. The summed E-state index contributed by atoms with van der Waals surface area (Å²) in [6, 6.07) is 13.3. The molecule has 0 spiro atoms. The summed E-state index contributed by atoms with van der Waals surface area (Å²) in [7, 11) is 0. The average Bonchev–Trinajstić information content (AvgIpc) is 3.55. The lowest BCUT2D eigenvalue weighted by molar-refractivity contribution is -0.133. The van der Waals surface area contributed by atoms with Crippen LogP contribution in [0.2, 0.25) is 0 Å². The van der Waals surface area contributed by atoms with Gasteiger partial charge in [-0.1, -0.05) is 25.3 Å². The normalized spacial score (nSPS) is 15.0. The predicted molar refractivity (Wildman–Crippen MR) is 140 cm³/mol. The van der Waals surface area contributed by atoms with Crippen molar-refractivity contribution < 1.29 is 23.5 Å². The molecule has 1 aliphatic carbocycles. The zero-order valence-electron chi connectivity index (χ0n) is 21.0. The molecule has 5 rings (SSSR count). The van der Waals surface area contributed by atoms with Gasteiger partial charge in [-0.2, -0.15) is 0 Å². The molecule has 2 amide bonds.